The van der Waals surface area contributed by atoms with Crippen LogP contribution in [0.1, 0.15) is 41.5 Å². The molecule has 0 saturated heterocycles. The van der Waals surface area contributed by atoms with Crippen LogP contribution in [0.15, 0.2) is 48.5 Å². The third-order valence-electron chi connectivity index (χ3n) is 4.35. The van der Waals surface area contributed by atoms with Gasteiger partial charge in [0.1, 0.15) is 0 Å². The Hall–Kier alpha value is -1.31. The van der Waals surface area contributed by atoms with Crippen molar-refractivity contribution in [2.45, 2.75) is 24.8 Å². The van der Waals surface area contributed by atoms with E-state index in [1.54, 1.807) is 0 Å². The van der Waals surface area contributed by atoms with Crippen molar-refractivity contribution in [3.05, 3.63) is 70.2 Å². The van der Waals surface area contributed by atoms with E-state index in [0.29, 0.717) is 12.0 Å². The van der Waals surface area contributed by atoms with Gasteiger partial charge >= 0.3 is 0 Å². The van der Waals surface area contributed by atoms with Crippen LogP contribution in [-0.4, -0.2) is 19.0 Å². The van der Waals surface area contributed by atoms with Gasteiger partial charge in [0.2, 0.25) is 0 Å². The second-order valence-electron chi connectivity index (χ2n) is 5.79. The lowest BCUT2D eigenvalue weighted by Crippen LogP contribution is -2.26. The van der Waals surface area contributed by atoms with E-state index < -0.39 is 0 Å². The molecule has 0 fully saturated rings. The number of hydrogen-bond donors (Lipinski definition) is 0. The van der Waals surface area contributed by atoms with Crippen molar-refractivity contribution in [2.75, 3.05) is 14.1 Å². The lowest BCUT2D eigenvalue weighted by atomic mass is 9.76. The molecule has 2 aromatic carbocycles. The molecule has 1 nitrogen and oxygen atoms in total. The van der Waals surface area contributed by atoms with Crippen molar-refractivity contribution in [3.63, 3.8) is 0 Å². The summed E-state index contributed by atoms with van der Waals surface area (Å²) in [5, 5.41) is 0.809. The predicted octanol–water partition coefficient (Wildman–Crippen LogP) is 4.87. The zero-order valence-corrected chi connectivity index (χ0v) is 12.8. The molecule has 0 aliphatic heterocycles. The second kappa shape index (κ2) is 5.59. The van der Waals surface area contributed by atoms with E-state index in [1.807, 2.05) is 12.1 Å². The van der Waals surface area contributed by atoms with E-state index in [9.17, 15) is 0 Å². The Kier molecular flexibility index (Phi) is 3.82. The molecule has 0 N–H and O–H groups in total. The van der Waals surface area contributed by atoms with Gasteiger partial charge in [0.05, 0.1) is 0 Å². The fraction of sp³-hybridized carbons (Fsp3) is 0.333. The molecule has 2 aromatic rings. The monoisotopic (exact) mass is 285 g/mol. The third-order valence-corrected chi connectivity index (χ3v) is 4.61. The molecule has 2 atom stereocenters. The van der Waals surface area contributed by atoms with Crippen molar-refractivity contribution in [1.29, 1.82) is 0 Å². The van der Waals surface area contributed by atoms with Gasteiger partial charge in [-0.25, -0.2) is 0 Å². The maximum absolute atomic E-state index is 6.01. The highest BCUT2D eigenvalue weighted by Gasteiger charge is 2.28. The highest BCUT2D eigenvalue weighted by molar-refractivity contribution is 6.30. The van der Waals surface area contributed by atoms with E-state index in [-0.39, 0.29) is 0 Å². The first kappa shape index (κ1) is 13.7. The minimum atomic E-state index is 0.500. The first-order valence-electron chi connectivity index (χ1n) is 7.17. The van der Waals surface area contributed by atoms with Crippen molar-refractivity contribution < 1.29 is 0 Å². The van der Waals surface area contributed by atoms with E-state index in [0.717, 1.165) is 5.02 Å². The summed E-state index contributed by atoms with van der Waals surface area (Å²) in [5.74, 6) is 0.500. The maximum atomic E-state index is 6.01. The molecule has 2 heteroatoms. The molecule has 0 bridgehead atoms. The lowest BCUT2D eigenvalue weighted by molar-refractivity contribution is 0.263. The third kappa shape index (κ3) is 2.48. The van der Waals surface area contributed by atoms with Crippen LogP contribution in [0.2, 0.25) is 5.02 Å². The Morgan fingerprint density at radius 3 is 2.20 bits per heavy atom. The van der Waals surface area contributed by atoms with Gasteiger partial charge in [0.25, 0.3) is 0 Å². The van der Waals surface area contributed by atoms with Crippen molar-refractivity contribution >= 4 is 11.6 Å². The fourth-order valence-electron chi connectivity index (χ4n) is 3.34. The molecule has 0 saturated carbocycles. The summed E-state index contributed by atoms with van der Waals surface area (Å²) in [4.78, 5) is 2.33. The first-order chi connectivity index (χ1) is 9.66. The topological polar surface area (TPSA) is 3.24 Å². The lowest BCUT2D eigenvalue weighted by Gasteiger charge is -2.35. The van der Waals surface area contributed by atoms with E-state index in [4.69, 9.17) is 11.6 Å². The molecule has 0 amide bonds. The van der Waals surface area contributed by atoms with Gasteiger partial charge in [-0.1, -0.05) is 48.0 Å². The Morgan fingerprint density at radius 1 is 0.900 bits per heavy atom. The van der Waals surface area contributed by atoms with Crippen molar-refractivity contribution in [1.82, 2.24) is 4.90 Å². The van der Waals surface area contributed by atoms with Gasteiger partial charge in [0, 0.05) is 17.0 Å². The number of nitrogens with zero attached hydrogens (tertiary/aromatic N) is 1. The fourth-order valence-corrected chi connectivity index (χ4v) is 3.47. The van der Waals surface area contributed by atoms with Crippen LogP contribution in [0.3, 0.4) is 0 Å². The van der Waals surface area contributed by atoms with E-state index >= 15 is 0 Å². The normalized spacial score (nSPS) is 21.8. The van der Waals surface area contributed by atoms with Crippen molar-refractivity contribution in [3.8, 4) is 0 Å². The number of halogens is 1. The largest absolute Gasteiger partial charge is 0.302 e. The van der Waals surface area contributed by atoms with Crippen LogP contribution in [0.25, 0.3) is 0 Å². The zero-order valence-electron chi connectivity index (χ0n) is 12.0. The molecule has 0 radical (unpaired) electrons. The number of hydrogen-bond acceptors (Lipinski definition) is 1. The van der Waals surface area contributed by atoms with Gasteiger partial charge in [-0.05, 0) is 55.8 Å². The minimum Gasteiger partial charge on any atom is -0.302 e. The van der Waals surface area contributed by atoms with Crippen LogP contribution in [0.4, 0.5) is 0 Å². The summed E-state index contributed by atoms with van der Waals surface area (Å²) in [6, 6.07) is 17.7. The first-order valence-corrected chi connectivity index (χ1v) is 7.55. The highest BCUT2D eigenvalue weighted by atomic mass is 35.5. The van der Waals surface area contributed by atoms with Gasteiger partial charge in [-0.15, -0.1) is 0 Å². The standard InChI is InChI=1S/C18H20ClN/c1-20(2)18-12-11-15(13-7-9-14(19)10-8-13)16-5-3-4-6-17(16)18/h3-10,15,18H,11-12H2,1-2H3/t15-,18-/m1/s1. The van der Waals surface area contributed by atoms with E-state index in [2.05, 4.69) is 55.4 Å². The van der Waals surface area contributed by atoms with Gasteiger partial charge in [0.15, 0.2) is 0 Å². The predicted molar refractivity (Wildman–Crippen MR) is 85.4 cm³/mol. The quantitative estimate of drug-likeness (QED) is 0.761. The Morgan fingerprint density at radius 2 is 1.55 bits per heavy atom. The summed E-state index contributed by atoms with van der Waals surface area (Å²) in [6.45, 7) is 0. The molecule has 1 aliphatic carbocycles. The number of benzene rings is 2. The molecular formula is C18H20ClN. The van der Waals surface area contributed by atoms with Gasteiger partial charge in [-0.2, -0.15) is 0 Å². The second-order valence-corrected chi connectivity index (χ2v) is 6.23. The Labute approximate surface area is 126 Å². The molecule has 20 heavy (non-hydrogen) atoms. The summed E-state index contributed by atoms with van der Waals surface area (Å²) in [6.07, 6.45) is 2.40. The summed E-state index contributed by atoms with van der Waals surface area (Å²) < 4.78 is 0. The number of fused-ring (bicyclic) bond motifs is 1. The molecule has 104 valence electrons. The summed E-state index contributed by atoms with van der Waals surface area (Å²) >= 11 is 6.01. The summed E-state index contributed by atoms with van der Waals surface area (Å²) in [5.41, 5.74) is 4.32. The van der Waals surface area contributed by atoms with Crippen LogP contribution in [0.5, 0.6) is 0 Å². The average molecular weight is 286 g/mol. The average Bonchev–Trinajstić information content (AvgIpc) is 2.47. The molecule has 0 aromatic heterocycles. The van der Waals surface area contributed by atoms with Gasteiger partial charge in [-0.3, -0.25) is 0 Å². The maximum Gasteiger partial charge on any atom is 0.0406 e. The summed E-state index contributed by atoms with van der Waals surface area (Å²) in [7, 11) is 4.34. The number of rotatable bonds is 2. The molecule has 1 aliphatic rings. The van der Waals surface area contributed by atoms with Gasteiger partial charge < -0.3 is 4.90 Å². The molecular weight excluding hydrogens is 266 g/mol. The Bertz CT molecular complexity index is 589. The van der Waals surface area contributed by atoms with Crippen molar-refractivity contribution in [2.24, 2.45) is 0 Å². The van der Waals surface area contributed by atoms with Crippen LogP contribution in [0, 0.1) is 0 Å². The molecule has 3 rings (SSSR count). The molecule has 0 spiro atoms. The zero-order chi connectivity index (χ0) is 14.1. The van der Waals surface area contributed by atoms with Crippen LogP contribution in [-0.2, 0) is 0 Å². The minimum absolute atomic E-state index is 0.500. The molecule has 0 heterocycles. The van der Waals surface area contributed by atoms with Crippen LogP contribution >= 0.6 is 11.6 Å². The van der Waals surface area contributed by atoms with Crippen LogP contribution < -0.4 is 0 Å². The Balaban J connectivity index is 2.02. The smallest absolute Gasteiger partial charge is 0.0406 e. The van der Waals surface area contributed by atoms with E-state index in [1.165, 1.54) is 29.5 Å². The molecule has 0 unspecified atom stereocenters. The highest BCUT2D eigenvalue weighted by Crippen LogP contribution is 2.42. The SMILES string of the molecule is CN(C)[C@@H]1CC[C@H](c2ccc(Cl)cc2)c2ccccc21.